The zero-order valence-electron chi connectivity index (χ0n) is 9.10. The minimum Gasteiger partial charge on any atom is -0.496 e. The second-order valence-electron chi connectivity index (χ2n) is 3.15. The summed E-state index contributed by atoms with van der Waals surface area (Å²) in [5, 5.41) is 8.91. The lowest BCUT2D eigenvalue weighted by molar-refractivity contribution is -0.133. The van der Waals surface area contributed by atoms with E-state index in [0.717, 1.165) is 11.8 Å². The van der Waals surface area contributed by atoms with Crippen LogP contribution in [0.25, 0.3) is 0 Å². The Hall–Kier alpha value is -1.20. The molecule has 0 atom stereocenters. The first-order valence-corrected chi connectivity index (χ1v) is 6.24. The number of carboxylic acids is 1. The maximum Gasteiger partial charge on any atom is 0.313 e. The number of hydrogen-bond donors (Lipinski definition) is 1. The highest BCUT2D eigenvalue weighted by Gasteiger charge is 2.13. The van der Waals surface area contributed by atoms with Gasteiger partial charge >= 0.3 is 5.97 Å². The minimum absolute atomic E-state index is 0.0863. The second kappa shape index (κ2) is 6.51. The van der Waals surface area contributed by atoms with Crippen molar-refractivity contribution >= 4 is 35.1 Å². The number of thioether (sulfide) groups is 1. The Balaban J connectivity index is 2.73. The number of Topliss-reactive ketones (excluding diaryl/α,β-unsaturated/α-hetero) is 1. The molecule has 0 spiro atoms. The number of halogens is 1. The fraction of sp³-hybridized carbons (Fsp3) is 0.273. The van der Waals surface area contributed by atoms with Gasteiger partial charge in [-0.05, 0) is 18.2 Å². The normalized spacial score (nSPS) is 10.0. The van der Waals surface area contributed by atoms with Crippen molar-refractivity contribution in [1.82, 2.24) is 0 Å². The van der Waals surface area contributed by atoms with E-state index in [-0.39, 0.29) is 17.3 Å². The zero-order chi connectivity index (χ0) is 12.8. The summed E-state index contributed by atoms with van der Waals surface area (Å²) in [4.78, 5) is 22.1. The van der Waals surface area contributed by atoms with Crippen LogP contribution in [0.4, 0.5) is 0 Å². The van der Waals surface area contributed by atoms with Crippen LogP contribution in [0.1, 0.15) is 10.4 Å². The molecule has 0 aromatic heterocycles. The summed E-state index contributed by atoms with van der Waals surface area (Å²) in [6, 6.07) is 4.75. The molecule has 6 heteroatoms. The molecular weight excluding hydrogens is 264 g/mol. The van der Waals surface area contributed by atoms with Gasteiger partial charge in [-0.15, -0.1) is 11.8 Å². The molecule has 0 aliphatic heterocycles. The third kappa shape index (κ3) is 4.28. The van der Waals surface area contributed by atoms with E-state index in [2.05, 4.69) is 0 Å². The predicted octanol–water partition coefficient (Wildman–Crippen LogP) is 2.35. The number of rotatable bonds is 6. The van der Waals surface area contributed by atoms with Crippen molar-refractivity contribution < 1.29 is 19.4 Å². The van der Waals surface area contributed by atoms with Crippen LogP contribution in [0.5, 0.6) is 5.75 Å². The third-order valence-corrected chi connectivity index (χ3v) is 3.07. The van der Waals surface area contributed by atoms with Crippen molar-refractivity contribution in [2.45, 2.75) is 0 Å². The SMILES string of the molecule is COc1ccc(Cl)cc1C(=O)CSCC(=O)O. The maximum absolute atomic E-state index is 11.8. The van der Waals surface area contributed by atoms with Crippen molar-refractivity contribution in [3.05, 3.63) is 28.8 Å². The molecule has 0 aliphatic carbocycles. The van der Waals surface area contributed by atoms with Crippen molar-refractivity contribution in [3.8, 4) is 5.75 Å². The topological polar surface area (TPSA) is 63.6 Å². The lowest BCUT2D eigenvalue weighted by Gasteiger charge is -2.07. The van der Waals surface area contributed by atoms with Crippen molar-refractivity contribution in [2.24, 2.45) is 0 Å². The van der Waals surface area contributed by atoms with Crippen LogP contribution in [0.2, 0.25) is 5.02 Å². The fourth-order valence-electron chi connectivity index (χ4n) is 1.21. The summed E-state index contributed by atoms with van der Waals surface area (Å²) in [6.45, 7) is 0. The van der Waals surface area contributed by atoms with Gasteiger partial charge in [0.05, 0.1) is 24.2 Å². The van der Waals surface area contributed by atoms with Gasteiger partial charge in [0.25, 0.3) is 0 Å². The van der Waals surface area contributed by atoms with E-state index < -0.39 is 5.97 Å². The Morgan fingerprint density at radius 1 is 1.41 bits per heavy atom. The summed E-state index contributed by atoms with van der Waals surface area (Å²) >= 11 is 6.84. The number of carbonyl (C=O) groups is 2. The average molecular weight is 275 g/mol. The number of ketones is 1. The standard InChI is InChI=1S/C11H11ClO4S/c1-16-10-3-2-7(12)4-8(10)9(13)5-17-6-11(14)15/h2-4H,5-6H2,1H3,(H,14,15). The van der Waals surface area contributed by atoms with E-state index >= 15 is 0 Å². The largest absolute Gasteiger partial charge is 0.496 e. The molecule has 0 bridgehead atoms. The smallest absolute Gasteiger partial charge is 0.313 e. The van der Waals surface area contributed by atoms with Gasteiger partial charge in [-0.3, -0.25) is 9.59 Å². The number of ether oxygens (including phenoxy) is 1. The number of aliphatic carboxylic acids is 1. The molecule has 1 aromatic carbocycles. The Bertz CT molecular complexity index is 433. The number of benzene rings is 1. The molecule has 0 unspecified atom stereocenters. The molecule has 0 saturated carbocycles. The van der Waals surface area contributed by atoms with E-state index in [1.807, 2.05) is 0 Å². The quantitative estimate of drug-likeness (QED) is 0.807. The van der Waals surface area contributed by atoms with Crippen LogP contribution in [-0.2, 0) is 4.79 Å². The molecule has 92 valence electrons. The van der Waals surface area contributed by atoms with Crippen molar-refractivity contribution in [1.29, 1.82) is 0 Å². The monoisotopic (exact) mass is 274 g/mol. The van der Waals surface area contributed by atoms with E-state index in [1.54, 1.807) is 12.1 Å². The molecule has 0 fully saturated rings. The van der Waals surface area contributed by atoms with Crippen LogP contribution in [0.15, 0.2) is 18.2 Å². The van der Waals surface area contributed by atoms with Gasteiger partial charge < -0.3 is 9.84 Å². The van der Waals surface area contributed by atoms with Gasteiger partial charge in [0.2, 0.25) is 0 Å². The summed E-state index contributed by atoms with van der Waals surface area (Å²) in [5.74, 6) is -0.718. The molecule has 0 aliphatic rings. The second-order valence-corrected chi connectivity index (χ2v) is 4.58. The van der Waals surface area contributed by atoms with Gasteiger partial charge in [0.15, 0.2) is 5.78 Å². The molecule has 0 radical (unpaired) electrons. The van der Waals surface area contributed by atoms with Gasteiger partial charge in [-0.1, -0.05) is 11.6 Å². The van der Waals surface area contributed by atoms with Crippen LogP contribution < -0.4 is 4.74 Å². The molecule has 0 amide bonds. The first-order chi connectivity index (χ1) is 8.04. The van der Waals surface area contributed by atoms with Crippen LogP contribution >= 0.6 is 23.4 Å². The molecule has 1 rings (SSSR count). The summed E-state index contributed by atoms with van der Waals surface area (Å²) in [7, 11) is 1.46. The van der Waals surface area contributed by atoms with Crippen molar-refractivity contribution in [3.63, 3.8) is 0 Å². The Morgan fingerprint density at radius 3 is 2.71 bits per heavy atom. The number of carbonyl (C=O) groups excluding carboxylic acids is 1. The van der Waals surface area contributed by atoms with Crippen LogP contribution in [0, 0.1) is 0 Å². The first-order valence-electron chi connectivity index (χ1n) is 4.71. The Kier molecular flexibility index (Phi) is 5.31. The molecule has 1 aromatic rings. The fourth-order valence-corrected chi connectivity index (χ4v) is 2.00. The first kappa shape index (κ1) is 13.9. The number of carboxylic acid groups (broad SMARTS) is 1. The Labute approximate surface area is 108 Å². The third-order valence-electron chi connectivity index (χ3n) is 1.92. The molecular formula is C11H11ClO4S. The summed E-state index contributed by atoms with van der Waals surface area (Å²) in [6.07, 6.45) is 0. The molecule has 17 heavy (non-hydrogen) atoms. The van der Waals surface area contributed by atoms with E-state index in [4.69, 9.17) is 21.4 Å². The molecule has 1 N–H and O–H groups in total. The molecule has 0 heterocycles. The highest BCUT2D eigenvalue weighted by atomic mass is 35.5. The van der Waals surface area contributed by atoms with Crippen LogP contribution in [-0.4, -0.2) is 35.5 Å². The minimum atomic E-state index is -0.944. The number of methoxy groups -OCH3 is 1. The highest BCUT2D eigenvalue weighted by molar-refractivity contribution is 8.00. The zero-order valence-corrected chi connectivity index (χ0v) is 10.7. The predicted molar refractivity (Wildman–Crippen MR) is 67.3 cm³/mol. The van der Waals surface area contributed by atoms with Gasteiger partial charge in [-0.25, -0.2) is 0 Å². The Morgan fingerprint density at radius 2 is 2.12 bits per heavy atom. The highest BCUT2D eigenvalue weighted by Crippen LogP contribution is 2.24. The summed E-state index contributed by atoms with van der Waals surface area (Å²) < 4.78 is 5.04. The number of hydrogen-bond acceptors (Lipinski definition) is 4. The van der Waals surface area contributed by atoms with Crippen molar-refractivity contribution in [2.75, 3.05) is 18.6 Å². The van der Waals surface area contributed by atoms with E-state index in [9.17, 15) is 9.59 Å². The molecule has 0 saturated heterocycles. The van der Waals surface area contributed by atoms with E-state index in [0.29, 0.717) is 16.3 Å². The summed E-state index contributed by atoms with van der Waals surface area (Å²) in [5.41, 5.74) is 0.373. The maximum atomic E-state index is 11.8. The molecule has 4 nitrogen and oxygen atoms in total. The van der Waals surface area contributed by atoms with Gasteiger partial charge in [-0.2, -0.15) is 0 Å². The lowest BCUT2D eigenvalue weighted by Crippen LogP contribution is -2.07. The van der Waals surface area contributed by atoms with Gasteiger partial charge in [0.1, 0.15) is 5.75 Å². The van der Waals surface area contributed by atoms with Gasteiger partial charge in [0, 0.05) is 5.02 Å². The average Bonchev–Trinajstić information content (AvgIpc) is 2.28. The van der Waals surface area contributed by atoms with Crippen LogP contribution in [0.3, 0.4) is 0 Å². The van der Waals surface area contributed by atoms with E-state index in [1.165, 1.54) is 13.2 Å². The lowest BCUT2D eigenvalue weighted by atomic mass is 10.1.